The number of halogens is 28. The number of quaternary nitrogens is 1. The van der Waals surface area contributed by atoms with Gasteiger partial charge in [0.2, 0.25) is 0 Å². The first-order valence-electron chi connectivity index (χ1n) is 31.1. The van der Waals surface area contributed by atoms with E-state index in [1.807, 2.05) is 0 Å². The largest absolute Gasteiger partial charge is 0.302 e. The zero-order valence-corrected chi connectivity index (χ0v) is 52.1. The Bertz CT molecular complexity index is 4140. The summed E-state index contributed by atoms with van der Waals surface area (Å²) in [5.41, 5.74) is -12.8. The average molecular weight is 1440 g/mol. The monoisotopic (exact) mass is 1440 g/mol. The number of rotatable bonds is 25. The van der Waals surface area contributed by atoms with Gasteiger partial charge >= 0.3 is 0 Å². The van der Waals surface area contributed by atoms with E-state index in [0.717, 1.165) is 0 Å². The lowest BCUT2D eigenvalue weighted by molar-refractivity contribution is -0.833. The van der Waals surface area contributed by atoms with Crippen LogP contribution in [0, 0.1) is 170 Å². The molecule has 0 aromatic heterocycles. The number of nitrogens with one attached hydrogen (secondary N) is 1. The molecule has 0 radical (unpaired) electrons. The summed E-state index contributed by atoms with van der Waals surface area (Å²) < 4.78 is 442. The predicted molar refractivity (Wildman–Crippen MR) is 315 cm³/mol. The summed E-state index contributed by atoms with van der Waals surface area (Å²) in [6, 6.07) is 9.08. The molecule has 1 atom stereocenters. The van der Waals surface area contributed by atoms with Crippen LogP contribution < -0.4 is 26.8 Å². The lowest BCUT2D eigenvalue weighted by Crippen LogP contribution is -3.07. The molecule has 1 N–H and O–H groups in total. The maximum atomic E-state index is 17.4. The fraction of sp³-hybridized carbons (Fsp3) is 0.333. The van der Waals surface area contributed by atoms with Crippen molar-refractivity contribution >= 4 is 76.8 Å². The van der Waals surface area contributed by atoms with Gasteiger partial charge in [-0.2, -0.15) is 0 Å². The van der Waals surface area contributed by atoms with Crippen molar-refractivity contribution in [3.63, 3.8) is 0 Å². The van der Waals surface area contributed by atoms with E-state index in [9.17, 15) is 35.1 Å². The molecular formula is C69H54BF28N. The van der Waals surface area contributed by atoms with Crippen LogP contribution in [0.3, 0.4) is 0 Å². The van der Waals surface area contributed by atoms with Crippen LogP contribution in [-0.4, -0.2) is 19.2 Å². The summed E-state index contributed by atoms with van der Waals surface area (Å²) in [6.07, 6.45) is 17.6. The zero-order chi connectivity index (χ0) is 73.3. The Kier molecular flexibility index (Phi) is 24.3. The topological polar surface area (TPSA) is 4.44 Å². The Labute approximate surface area is 545 Å². The predicted octanol–water partition coefficient (Wildman–Crippen LogP) is 20.1. The van der Waals surface area contributed by atoms with E-state index in [-0.39, 0.29) is 0 Å². The minimum Gasteiger partial charge on any atom is -0.302 e. The molecule has 9 rings (SSSR count). The molecule has 0 aliphatic heterocycles. The fourth-order valence-electron chi connectivity index (χ4n) is 13.1. The maximum Gasteiger partial charge on any atom is 0.198 e. The highest BCUT2D eigenvalue weighted by molar-refractivity contribution is 7.20. The molecular weight excluding hydrogens is 1390 g/mol. The molecule has 99 heavy (non-hydrogen) atoms. The van der Waals surface area contributed by atoms with Crippen LogP contribution in [0.2, 0.25) is 0 Å². The average Bonchev–Trinajstić information content (AvgIpc) is 0.670. The van der Waals surface area contributed by atoms with Gasteiger partial charge in [0.25, 0.3) is 0 Å². The van der Waals surface area contributed by atoms with Gasteiger partial charge in [0.1, 0.15) is 58.4 Å². The van der Waals surface area contributed by atoms with Crippen molar-refractivity contribution < 1.29 is 128 Å². The van der Waals surface area contributed by atoms with Gasteiger partial charge in [-0.1, -0.05) is 122 Å². The first-order valence-corrected chi connectivity index (χ1v) is 31.1. The molecule has 0 spiro atoms. The SMILES string of the molecule is CCCCCCCCCCCC[NH+](CCCCCCCCCC)c1ccccc1C.Fc1c(F)c(F)c2c(F)c([B-](c3c(F)c(F)c4c(F)c(F)c(F)c(F)c4c3F)(c3c(F)c(F)c4c(F)c(F)c(F)c(F)c4c3F)c3c(F)c(F)c4c(F)c(F)c(F)c(F)c4c3F)c(F)c(F)c2c1F. The summed E-state index contributed by atoms with van der Waals surface area (Å²) in [4.78, 5) is 1.73. The van der Waals surface area contributed by atoms with Crippen molar-refractivity contribution in [3.8, 4) is 0 Å². The zero-order valence-electron chi connectivity index (χ0n) is 52.1. The smallest absolute Gasteiger partial charge is 0.198 e. The molecule has 1 unspecified atom stereocenters. The van der Waals surface area contributed by atoms with Gasteiger partial charge in [-0.3, -0.25) is 0 Å². The molecule has 0 heterocycles. The Morgan fingerprint density at radius 1 is 0.222 bits per heavy atom. The molecule has 0 aliphatic carbocycles. The van der Waals surface area contributed by atoms with E-state index in [4.69, 9.17) is 0 Å². The van der Waals surface area contributed by atoms with Crippen LogP contribution in [0.15, 0.2) is 24.3 Å². The lowest BCUT2D eigenvalue weighted by atomic mass is 9.12. The Morgan fingerprint density at radius 2 is 0.404 bits per heavy atom. The molecule has 1 nitrogen and oxygen atoms in total. The lowest BCUT2D eigenvalue weighted by Gasteiger charge is -2.45. The van der Waals surface area contributed by atoms with Crippen LogP contribution in [0.4, 0.5) is 129 Å². The van der Waals surface area contributed by atoms with E-state index in [0.29, 0.717) is 0 Å². The third kappa shape index (κ3) is 13.3. The van der Waals surface area contributed by atoms with Crippen molar-refractivity contribution in [2.45, 2.75) is 136 Å². The standard InChI is InChI=1S/C40BF28.C29H53N/c42-13-1-5(25(54)37(66)33(62)21(1)50)17(46)29(58)9(13)41(10-14(43)2-6(18(47)30(10)59)26(55)38(67)34(63)22(2)51,11-15(44)3-7(19(48)31(11)60)27(56)39(68)35(64)23(3)52)12-16(45)4-8(20(49)32(12)61)28(57)40(69)36(65)24(4)53;1-4-6-8-10-12-14-15-17-19-23-27-30(29-25-21-20-24-28(29)3)26-22-18-16-13-11-9-7-5-2/h;20-21,24-25H,4-19,22-23,26-27H2,1-3H3/q-1;/p+1. The Morgan fingerprint density at radius 3 is 0.616 bits per heavy atom. The van der Waals surface area contributed by atoms with Crippen molar-refractivity contribution in [2.75, 3.05) is 13.1 Å². The molecule has 534 valence electrons. The quantitative estimate of drug-likeness (QED) is 0.0191. The maximum absolute atomic E-state index is 17.4. The van der Waals surface area contributed by atoms with Gasteiger partial charge in [-0.05, 0) is 38.7 Å². The highest BCUT2D eigenvalue weighted by Gasteiger charge is 2.52. The van der Waals surface area contributed by atoms with E-state index < -0.39 is 234 Å². The second kappa shape index (κ2) is 31.3. The van der Waals surface area contributed by atoms with Crippen molar-refractivity contribution in [1.82, 2.24) is 0 Å². The van der Waals surface area contributed by atoms with Gasteiger partial charge in [0, 0.05) is 5.56 Å². The number of hydrogen-bond acceptors (Lipinski definition) is 0. The molecule has 0 saturated heterocycles. The summed E-state index contributed by atoms with van der Waals surface area (Å²) in [7, 11) is 0. The van der Waals surface area contributed by atoms with Gasteiger partial charge < -0.3 is 4.90 Å². The third-order valence-electron chi connectivity index (χ3n) is 17.9. The Hall–Kier alpha value is -7.92. The van der Waals surface area contributed by atoms with E-state index in [1.165, 1.54) is 134 Å². The molecule has 9 aromatic rings. The highest BCUT2D eigenvalue weighted by Crippen LogP contribution is 2.41. The second-order valence-corrected chi connectivity index (χ2v) is 23.9. The minimum atomic E-state index is -7.99. The Balaban J connectivity index is 0.000000350. The van der Waals surface area contributed by atoms with Crippen molar-refractivity contribution in [3.05, 3.63) is 193 Å². The molecule has 0 bridgehead atoms. The summed E-state index contributed by atoms with van der Waals surface area (Å²) in [5.74, 6) is -102. The summed E-state index contributed by atoms with van der Waals surface area (Å²) in [5, 5.41) is -25.0. The van der Waals surface area contributed by atoms with Gasteiger partial charge in [0.15, 0.2) is 116 Å². The van der Waals surface area contributed by atoms with Crippen LogP contribution in [0.5, 0.6) is 0 Å². The normalized spacial score (nSPS) is 12.4. The van der Waals surface area contributed by atoms with Crippen LogP contribution in [0.25, 0.3) is 43.1 Å². The van der Waals surface area contributed by atoms with E-state index >= 15 is 87.8 Å². The number of aryl methyl sites for hydroxylation is 1. The van der Waals surface area contributed by atoms with Gasteiger partial charge in [-0.15, -0.1) is 21.9 Å². The molecule has 30 heteroatoms. The van der Waals surface area contributed by atoms with Crippen molar-refractivity contribution in [2.24, 2.45) is 0 Å². The molecule has 0 amide bonds. The van der Waals surface area contributed by atoms with Crippen LogP contribution in [-0.2, 0) is 0 Å². The molecule has 0 fully saturated rings. The second-order valence-electron chi connectivity index (χ2n) is 23.9. The van der Waals surface area contributed by atoms with E-state index in [1.54, 1.807) is 10.6 Å². The third-order valence-corrected chi connectivity index (χ3v) is 17.9. The number of unbranched alkanes of at least 4 members (excludes halogenated alkanes) is 16. The summed E-state index contributed by atoms with van der Waals surface area (Å²) >= 11 is 0. The van der Waals surface area contributed by atoms with Crippen molar-refractivity contribution in [1.29, 1.82) is 0 Å². The minimum absolute atomic E-state index is 1.32. The summed E-state index contributed by atoms with van der Waals surface area (Å²) in [6.45, 7) is 9.53. The molecule has 9 aromatic carbocycles. The fourth-order valence-corrected chi connectivity index (χ4v) is 13.1. The number of para-hydroxylation sites is 1. The van der Waals surface area contributed by atoms with E-state index in [2.05, 4.69) is 45.0 Å². The number of hydrogen-bond donors (Lipinski definition) is 1. The van der Waals surface area contributed by atoms with Crippen LogP contribution in [0.1, 0.15) is 135 Å². The van der Waals surface area contributed by atoms with Gasteiger partial charge in [-0.25, -0.2) is 123 Å². The first kappa shape index (κ1) is 76.8. The number of benzene rings is 9. The van der Waals surface area contributed by atoms with Gasteiger partial charge in [0.05, 0.1) is 56.2 Å². The van der Waals surface area contributed by atoms with Crippen LogP contribution >= 0.6 is 0 Å². The number of fused-ring (bicyclic) bond motifs is 4. The first-order chi connectivity index (χ1) is 46.8. The molecule has 0 saturated carbocycles. The highest BCUT2D eigenvalue weighted by atomic mass is 19.2. The molecule has 0 aliphatic rings.